The molecule has 15 heavy (non-hydrogen) atoms. The molecular formula is C12H21NO2. The summed E-state index contributed by atoms with van der Waals surface area (Å²) < 4.78 is 5.58. The molecule has 0 aromatic rings. The fourth-order valence-electron chi connectivity index (χ4n) is 2.48. The van der Waals surface area contributed by atoms with Gasteiger partial charge in [-0.2, -0.15) is 0 Å². The second-order valence-electron chi connectivity index (χ2n) is 4.74. The molecule has 3 heteroatoms. The first kappa shape index (κ1) is 10.9. The van der Waals surface area contributed by atoms with E-state index in [1.807, 2.05) is 0 Å². The fraction of sp³-hybridized carbons (Fsp3) is 0.917. The summed E-state index contributed by atoms with van der Waals surface area (Å²) in [7, 11) is 0. The van der Waals surface area contributed by atoms with Crippen molar-refractivity contribution in [3.63, 3.8) is 0 Å². The van der Waals surface area contributed by atoms with Crippen LogP contribution in [0.2, 0.25) is 0 Å². The molecule has 1 heterocycles. The third-order valence-corrected chi connectivity index (χ3v) is 3.48. The van der Waals surface area contributed by atoms with Crippen molar-refractivity contribution < 1.29 is 9.53 Å². The first-order valence-corrected chi connectivity index (χ1v) is 6.27. The van der Waals surface area contributed by atoms with Crippen molar-refractivity contribution in [3.05, 3.63) is 0 Å². The zero-order valence-corrected chi connectivity index (χ0v) is 9.34. The van der Waals surface area contributed by atoms with Gasteiger partial charge in [-0.15, -0.1) is 0 Å². The van der Waals surface area contributed by atoms with E-state index in [9.17, 15) is 4.79 Å². The average molecular weight is 211 g/mol. The SMILES string of the molecule is O=C(OC1CCCCCC1)C1CCNC1. The molecule has 1 saturated carbocycles. The molecule has 86 valence electrons. The van der Waals surface area contributed by atoms with Crippen molar-refractivity contribution in [2.45, 2.75) is 51.0 Å². The van der Waals surface area contributed by atoms with Crippen molar-refractivity contribution in [2.24, 2.45) is 5.92 Å². The normalized spacial score (nSPS) is 28.7. The number of hydrogen-bond donors (Lipinski definition) is 1. The van der Waals surface area contributed by atoms with Gasteiger partial charge in [0.25, 0.3) is 0 Å². The molecule has 2 fully saturated rings. The third-order valence-electron chi connectivity index (χ3n) is 3.48. The third kappa shape index (κ3) is 3.20. The Labute approximate surface area is 91.6 Å². The van der Waals surface area contributed by atoms with E-state index < -0.39 is 0 Å². The van der Waals surface area contributed by atoms with Crippen LogP contribution in [-0.2, 0) is 9.53 Å². The first-order valence-electron chi connectivity index (χ1n) is 6.27. The Kier molecular flexibility index (Phi) is 4.01. The Bertz CT molecular complexity index is 204. The minimum absolute atomic E-state index is 0.0342. The van der Waals surface area contributed by atoms with Gasteiger partial charge in [0.05, 0.1) is 5.92 Å². The van der Waals surface area contributed by atoms with Gasteiger partial charge < -0.3 is 10.1 Å². The fourth-order valence-corrected chi connectivity index (χ4v) is 2.48. The molecule has 1 aliphatic heterocycles. The molecule has 1 saturated heterocycles. The number of ether oxygens (including phenoxy) is 1. The largest absolute Gasteiger partial charge is 0.462 e. The predicted molar refractivity (Wildman–Crippen MR) is 58.6 cm³/mol. The lowest BCUT2D eigenvalue weighted by molar-refractivity contribution is -0.153. The Morgan fingerprint density at radius 1 is 1.07 bits per heavy atom. The Morgan fingerprint density at radius 2 is 1.80 bits per heavy atom. The minimum Gasteiger partial charge on any atom is -0.462 e. The van der Waals surface area contributed by atoms with Gasteiger partial charge in [0.1, 0.15) is 6.10 Å². The zero-order valence-electron chi connectivity index (χ0n) is 9.34. The molecule has 0 aromatic carbocycles. The van der Waals surface area contributed by atoms with E-state index in [1.54, 1.807) is 0 Å². The Hall–Kier alpha value is -0.570. The molecular weight excluding hydrogens is 190 g/mol. The lowest BCUT2D eigenvalue weighted by Gasteiger charge is -2.17. The van der Waals surface area contributed by atoms with Crippen LogP contribution < -0.4 is 5.32 Å². The molecule has 1 N–H and O–H groups in total. The molecule has 2 rings (SSSR count). The first-order chi connectivity index (χ1) is 7.36. The van der Waals surface area contributed by atoms with Crippen molar-refractivity contribution in [3.8, 4) is 0 Å². The lowest BCUT2D eigenvalue weighted by Crippen LogP contribution is -2.25. The van der Waals surface area contributed by atoms with Crippen LogP contribution in [0.25, 0.3) is 0 Å². The van der Waals surface area contributed by atoms with Crippen molar-refractivity contribution in [1.82, 2.24) is 5.32 Å². The van der Waals surface area contributed by atoms with Gasteiger partial charge in [-0.3, -0.25) is 4.79 Å². The van der Waals surface area contributed by atoms with Gasteiger partial charge in [-0.1, -0.05) is 12.8 Å². The standard InChI is InChI=1S/C12H21NO2/c14-12(10-7-8-13-9-10)15-11-5-3-1-2-4-6-11/h10-11,13H,1-9H2. The van der Waals surface area contributed by atoms with E-state index in [1.165, 1.54) is 25.7 Å². The van der Waals surface area contributed by atoms with Crippen LogP contribution in [0, 0.1) is 5.92 Å². The second kappa shape index (κ2) is 5.50. The average Bonchev–Trinajstić information content (AvgIpc) is 2.65. The summed E-state index contributed by atoms with van der Waals surface area (Å²) in [5.41, 5.74) is 0. The second-order valence-corrected chi connectivity index (χ2v) is 4.74. The number of rotatable bonds is 2. The molecule has 1 unspecified atom stereocenters. The molecule has 0 spiro atoms. The molecule has 0 radical (unpaired) electrons. The summed E-state index contributed by atoms with van der Waals surface area (Å²) in [6.07, 6.45) is 8.36. The summed E-state index contributed by atoms with van der Waals surface area (Å²) in [5.74, 6) is 0.153. The highest BCUT2D eigenvalue weighted by Crippen LogP contribution is 2.21. The highest BCUT2D eigenvalue weighted by Gasteiger charge is 2.26. The van der Waals surface area contributed by atoms with Gasteiger partial charge in [0, 0.05) is 6.54 Å². The topological polar surface area (TPSA) is 38.3 Å². The quantitative estimate of drug-likeness (QED) is 0.559. The van der Waals surface area contributed by atoms with Crippen LogP contribution >= 0.6 is 0 Å². The van der Waals surface area contributed by atoms with Crippen LogP contribution in [0.15, 0.2) is 0 Å². The lowest BCUT2D eigenvalue weighted by atomic mass is 10.1. The molecule has 2 aliphatic rings. The molecule has 1 aliphatic carbocycles. The Balaban J connectivity index is 1.76. The maximum absolute atomic E-state index is 11.8. The van der Waals surface area contributed by atoms with Gasteiger partial charge in [-0.05, 0) is 38.6 Å². The van der Waals surface area contributed by atoms with E-state index in [-0.39, 0.29) is 18.0 Å². The van der Waals surface area contributed by atoms with Crippen LogP contribution in [0.3, 0.4) is 0 Å². The molecule has 1 atom stereocenters. The summed E-state index contributed by atoms with van der Waals surface area (Å²) in [6, 6.07) is 0. The van der Waals surface area contributed by atoms with E-state index in [4.69, 9.17) is 4.74 Å². The number of nitrogens with one attached hydrogen (secondary N) is 1. The summed E-state index contributed by atoms with van der Waals surface area (Å²) in [4.78, 5) is 11.8. The summed E-state index contributed by atoms with van der Waals surface area (Å²) in [5, 5.41) is 3.20. The Morgan fingerprint density at radius 3 is 2.40 bits per heavy atom. The van der Waals surface area contributed by atoms with Gasteiger partial charge >= 0.3 is 5.97 Å². The molecule has 0 amide bonds. The highest BCUT2D eigenvalue weighted by molar-refractivity contribution is 5.73. The van der Waals surface area contributed by atoms with Crippen LogP contribution in [0.1, 0.15) is 44.9 Å². The summed E-state index contributed by atoms with van der Waals surface area (Å²) in [6.45, 7) is 1.77. The van der Waals surface area contributed by atoms with Gasteiger partial charge in [0.15, 0.2) is 0 Å². The molecule has 0 bridgehead atoms. The summed E-state index contributed by atoms with van der Waals surface area (Å²) >= 11 is 0. The van der Waals surface area contributed by atoms with Gasteiger partial charge in [-0.25, -0.2) is 0 Å². The van der Waals surface area contributed by atoms with Crippen molar-refractivity contribution >= 4 is 5.97 Å². The van der Waals surface area contributed by atoms with Gasteiger partial charge in [0.2, 0.25) is 0 Å². The smallest absolute Gasteiger partial charge is 0.310 e. The number of esters is 1. The molecule has 3 nitrogen and oxygen atoms in total. The number of carbonyl (C=O) groups excluding carboxylic acids is 1. The monoisotopic (exact) mass is 211 g/mol. The minimum atomic E-state index is 0.0342. The van der Waals surface area contributed by atoms with E-state index >= 15 is 0 Å². The van der Waals surface area contributed by atoms with Crippen LogP contribution in [0.5, 0.6) is 0 Å². The maximum atomic E-state index is 11.8. The number of hydrogen-bond acceptors (Lipinski definition) is 3. The number of carbonyl (C=O) groups is 1. The van der Waals surface area contributed by atoms with Crippen LogP contribution in [-0.4, -0.2) is 25.2 Å². The van der Waals surface area contributed by atoms with Crippen LogP contribution in [0.4, 0.5) is 0 Å². The van der Waals surface area contributed by atoms with Crippen molar-refractivity contribution in [1.29, 1.82) is 0 Å². The predicted octanol–water partition coefficient (Wildman–Crippen LogP) is 1.86. The zero-order chi connectivity index (χ0) is 10.5. The van der Waals surface area contributed by atoms with E-state index in [0.717, 1.165) is 32.4 Å². The van der Waals surface area contributed by atoms with Crippen molar-refractivity contribution in [2.75, 3.05) is 13.1 Å². The molecule has 0 aromatic heterocycles. The van der Waals surface area contributed by atoms with E-state index in [2.05, 4.69) is 5.32 Å². The van der Waals surface area contributed by atoms with E-state index in [0.29, 0.717) is 0 Å². The highest BCUT2D eigenvalue weighted by atomic mass is 16.5. The maximum Gasteiger partial charge on any atom is 0.310 e.